The molecule has 0 bridgehead atoms. The summed E-state index contributed by atoms with van der Waals surface area (Å²) in [7, 11) is 0. The van der Waals surface area contributed by atoms with Gasteiger partial charge in [-0.3, -0.25) is 9.78 Å². The molecule has 5 nitrogen and oxygen atoms in total. The SMILES string of the molecule is Cc1ccc(NC(=O)c2cc(N3CCN(c4ccccc4F)CC3)ccn2)cc1. The van der Waals surface area contributed by atoms with Crippen molar-refractivity contribution in [2.24, 2.45) is 0 Å². The lowest BCUT2D eigenvalue weighted by atomic mass is 10.2. The quantitative estimate of drug-likeness (QED) is 0.728. The van der Waals surface area contributed by atoms with Gasteiger partial charge in [0.15, 0.2) is 0 Å². The summed E-state index contributed by atoms with van der Waals surface area (Å²) in [6.45, 7) is 4.93. The maximum atomic E-state index is 14.0. The Morgan fingerprint density at radius 2 is 1.66 bits per heavy atom. The smallest absolute Gasteiger partial charge is 0.274 e. The number of halogens is 1. The number of benzene rings is 2. The molecule has 0 aliphatic carbocycles. The van der Waals surface area contributed by atoms with Gasteiger partial charge in [-0.05, 0) is 43.3 Å². The van der Waals surface area contributed by atoms with Gasteiger partial charge in [-0.1, -0.05) is 29.8 Å². The summed E-state index contributed by atoms with van der Waals surface area (Å²) in [6, 6.07) is 18.2. The maximum absolute atomic E-state index is 14.0. The van der Waals surface area contributed by atoms with Crippen LogP contribution in [0.4, 0.5) is 21.5 Å². The van der Waals surface area contributed by atoms with Gasteiger partial charge in [0.1, 0.15) is 11.5 Å². The molecular weight excluding hydrogens is 367 g/mol. The molecule has 0 spiro atoms. The molecule has 1 fully saturated rings. The fourth-order valence-corrected chi connectivity index (χ4v) is 3.49. The van der Waals surface area contributed by atoms with Crippen LogP contribution in [0.1, 0.15) is 16.1 Å². The number of para-hydroxylation sites is 1. The van der Waals surface area contributed by atoms with E-state index in [0.29, 0.717) is 24.5 Å². The molecule has 29 heavy (non-hydrogen) atoms. The third-order valence-corrected chi connectivity index (χ3v) is 5.12. The minimum Gasteiger partial charge on any atom is -0.368 e. The Morgan fingerprint density at radius 1 is 0.966 bits per heavy atom. The van der Waals surface area contributed by atoms with E-state index in [-0.39, 0.29) is 11.7 Å². The summed E-state index contributed by atoms with van der Waals surface area (Å²) in [4.78, 5) is 21.0. The number of aryl methyl sites for hydroxylation is 1. The van der Waals surface area contributed by atoms with Crippen LogP contribution in [0.5, 0.6) is 0 Å². The Morgan fingerprint density at radius 3 is 2.38 bits per heavy atom. The van der Waals surface area contributed by atoms with E-state index in [0.717, 1.165) is 30.0 Å². The van der Waals surface area contributed by atoms with Crippen molar-refractivity contribution in [1.29, 1.82) is 0 Å². The lowest BCUT2D eigenvalue weighted by Gasteiger charge is -2.37. The molecule has 4 rings (SSSR count). The van der Waals surface area contributed by atoms with Gasteiger partial charge in [-0.2, -0.15) is 0 Å². The molecule has 1 N–H and O–H groups in total. The standard InChI is InChI=1S/C23H23FN4O/c1-17-6-8-18(9-7-17)26-23(29)21-16-19(10-11-25-21)27-12-14-28(15-13-27)22-5-3-2-4-20(22)24/h2-11,16H,12-15H2,1H3,(H,26,29). The Kier molecular flexibility index (Phi) is 5.42. The molecule has 3 aromatic rings. The molecule has 148 valence electrons. The first-order valence-electron chi connectivity index (χ1n) is 9.69. The average Bonchev–Trinajstić information content (AvgIpc) is 2.76. The molecule has 0 saturated carbocycles. The van der Waals surface area contributed by atoms with Gasteiger partial charge in [0, 0.05) is 43.8 Å². The topological polar surface area (TPSA) is 48.5 Å². The molecular formula is C23H23FN4O. The minimum absolute atomic E-state index is 0.195. The minimum atomic E-state index is -0.235. The summed E-state index contributed by atoms with van der Waals surface area (Å²) >= 11 is 0. The number of amides is 1. The number of carbonyl (C=O) groups excluding carboxylic acids is 1. The van der Waals surface area contributed by atoms with Crippen LogP contribution in [0.3, 0.4) is 0 Å². The predicted octanol–water partition coefficient (Wildman–Crippen LogP) is 4.11. The Balaban J connectivity index is 1.42. The molecule has 1 aliphatic rings. The van der Waals surface area contributed by atoms with Crippen molar-refractivity contribution in [3.8, 4) is 0 Å². The van der Waals surface area contributed by atoms with E-state index in [4.69, 9.17) is 0 Å². The number of carbonyl (C=O) groups is 1. The highest BCUT2D eigenvalue weighted by atomic mass is 19.1. The highest BCUT2D eigenvalue weighted by Crippen LogP contribution is 2.23. The van der Waals surface area contributed by atoms with Crippen LogP contribution >= 0.6 is 0 Å². The van der Waals surface area contributed by atoms with Crippen molar-refractivity contribution in [3.05, 3.63) is 83.9 Å². The number of hydrogen-bond acceptors (Lipinski definition) is 4. The van der Waals surface area contributed by atoms with Crippen LogP contribution in [0.2, 0.25) is 0 Å². The van der Waals surface area contributed by atoms with Crippen LogP contribution in [-0.4, -0.2) is 37.1 Å². The molecule has 2 heterocycles. The van der Waals surface area contributed by atoms with Crippen LogP contribution in [0.15, 0.2) is 66.9 Å². The average molecular weight is 390 g/mol. The van der Waals surface area contributed by atoms with E-state index in [1.807, 2.05) is 55.5 Å². The number of nitrogens with zero attached hydrogens (tertiary/aromatic N) is 3. The molecule has 1 aromatic heterocycles. The van der Waals surface area contributed by atoms with Gasteiger partial charge < -0.3 is 15.1 Å². The number of pyridine rings is 1. The number of piperazine rings is 1. The van der Waals surface area contributed by atoms with Gasteiger partial charge in [0.25, 0.3) is 5.91 Å². The predicted molar refractivity (Wildman–Crippen MR) is 114 cm³/mol. The molecule has 0 radical (unpaired) electrons. The van der Waals surface area contributed by atoms with E-state index in [1.165, 1.54) is 6.07 Å². The monoisotopic (exact) mass is 390 g/mol. The van der Waals surface area contributed by atoms with Gasteiger partial charge in [0.05, 0.1) is 5.69 Å². The summed E-state index contributed by atoms with van der Waals surface area (Å²) in [5.41, 5.74) is 3.84. The summed E-state index contributed by atoms with van der Waals surface area (Å²) < 4.78 is 14.0. The van der Waals surface area contributed by atoms with Gasteiger partial charge in [0.2, 0.25) is 0 Å². The zero-order chi connectivity index (χ0) is 20.2. The molecule has 6 heteroatoms. The lowest BCUT2D eigenvalue weighted by Crippen LogP contribution is -2.46. The van der Waals surface area contributed by atoms with Crippen LogP contribution < -0.4 is 15.1 Å². The van der Waals surface area contributed by atoms with Crippen molar-refractivity contribution < 1.29 is 9.18 Å². The lowest BCUT2D eigenvalue weighted by molar-refractivity contribution is 0.102. The Hall–Kier alpha value is -3.41. The maximum Gasteiger partial charge on any atom is 0.274 e. The van der Waals surface area contributed by atoms with Crippen molar-refractivity contribution in [2.45, 2.75) is 6.92 Å². The molecule has 1 aliphatic heterocycles. The summed E-state index contributed by atoms with van der Waals surface area (Å²) in [5, 5.41) is 2.88. The highest BCUT2D eigenvalue weighted by Gasteiger charge is 2.20. The van der Waals surface area contributed by atoms with Crippen molar-refractivity contribution >= 4 is 23.0 Å². The fraction of sp³-hybridized carbons (Fsp3) is 0.217. The molecule has 1 saturated heterocycles. The van der Waals surface area contributed by atoms with E-state index in [9.17, 15) is 9.18 Å². The first-order chi connectivity index (χ1) is 14.1. The fourth-order valence-electron chi connectivity index (χ4n) is 3.49. The van der Waals surface area contributed by atoms with Gasteiger partial charge in [-0.25, -0.2) is 4.39 Å². The van der Waals surface area contributed by atoms with Gasteiger partial charge in [-0.15, -0.1) is 0 Å². The Labute approximate surface area is 169 Å². The van der Waals surface area contributed by atoms with E-state index in [2.05, 4.69) is 20.1 Å². The first kappa shape index (κ1) is 18.9. The molecule has 0 atom stereocenters. The third kappa shape index (κ3) is 4.37. The van der Waals surface area contributed by atoms with Crippen LogP contribution in [0.25, 0.3) is 0 Å². The van der Waals surface area contributed by atoms with E-state index < -0.39 is 0 Å². The number of hydrogen-bond donors (Lipinski definition) is 1. The number of rotatable bonds is 4. The Bertz CT molecular complexity index is 998. The second-order valence-corrected chi connectivity index (χ2v) is 7.14. The number of anilines is 3. The van der Waals surface area contributed by atoms with Crippen molar-refractivity contribution in [2.75, 3.05) is 41.3 Å². The summed E-state index contributed by atoms with van der Waals surface area (Å²) in [6.07, 6.45) is 1.66. The molecule has 1 amide bonds. The van der Waals surface area contributed by atoms with Crippen molar-refractivity contribution in [1.82, 2.24) is 4.98 Å². The summed E-state index contributed by atoms with van der Waals surface area (Å²) in [5.74, 6) is -0.430. The zero-order valence-corrected chi connectivity index (χ0v) is 16.3. The van der Waals surface area contributed by atoms with Crippen LogP contribution in [0, 0.1) is 12.7 Å². The first-order valence-corrected chi connectivity index (χ1v) is 9.69. The zero-order valence-electron chi connectivity index (χ0n) is 16.3. The number of nitrogens with one attached hydrogen (secondary N) is 1. The highest BCUT2D eigenvalue weighted by molar-refractivity contribution is 6.03. The molecule has 0 unspecified atom stereocenters. The van der Waals surface area contributed by atoms with Crippen LogP contribution in [-0.2, 0) is 0 Å². The second kappa shape index (κ2) is 8.31. The number of aromatic nitrogens is 1. The van der Waals surface area contributed by atoms with E-state index in [1.54, 1.807) is 12.3 Å². The van der Waals surface area contributed by atoms with Gasteiger partial charge >= 0.3 is 0 Å². The van der Waals surface area contributed by atoms with Crippen molar-refractivity contribution in [3.63, 3.8) is 0 Å². The normalized spacial score (nSPS) is 14.0. The molecule has 2 aromatic carbocycles. The largest absolute Gasteiger partial charge is 0.368 e. The third-order valence-electron chi connectivity index (χ3n) is 5.12. The van der Waals surface area contributed by atoms with E-state index >= 15 is 0 Å². The second-order valence-electron chi connectivity index (χ2n) is 7.14.